The molecule has 1 heterocycles. The number of hydrogen-bond acceptors (Lipinski definition) is 7. The predicted octanol–water partition coefficient (Wildman–Crippen LogP) is 7.80. The van der Waals surface area contributed by atoms with Crippen LogP contribution in [-0.2, 0) is 9.73 Å². The van der Waals surface area contributed by atoms with Gasteiger partial charge in [0.1, 0.15) is 12.1 Å². The molecule has 2 aromatic rings. The summed E-state index contributed by atoms with van der Waals surface area (Å²) in [6.45, 7) is 12.5. The van der Waals surface area contributed by atoms with Crippen molar-refractivity contribution in [2.24, 2.45) is 22.7 Å². The molecule has 2 unspecified atom stereocenters. The molecule has 1 aliphatic carbocycles. The Bertz CT molecular complexity index is 1260. The van der Waals surface area contributed by atoms with Gasteiger partial charge in [0.05, 0.1) is 16.9 Å². The van der Waals surface area contributed by atoms with Gasteiger partial charge < -0.3 is 10.1 Å². The summed E-state index contributed by atoms with van der Waals surface area (Å²) in [5, 5.41) is 2.99. The van der Waals surface area contributed by atoms with Gasteiger partial charge in [-0.05, 0) is 87.8 Å². The Morgan fingerprint density at radius 1 is 1.00 bits per heavy atom. The smallest absolute Gasteiger partial charge is 0.199 e. The van der Waals surface area contributed by atoms with E-state index < -0.39 is 23.0 Å². The van der Waals surface area contributed by atoms with Crippen molar-refractivity contribution in [2.75, 3.05) is 29.9 Å². The minimum absolute atomic E-state index is 0.178. The normalized spacial score (nSPS) is 19.5. The summed E-state index contributed by atoms with van der Waals surface area (Å²) in [6, 6.07) is 9.34. The van der Waals surface area contributed by atoms with Gasteiger partial charge in [-0.3, -0.25) is 9.79 Å². The molecule has 0 aromatic heterocycles. The summed E-state index contributed by atoms with van der Waals surface area (Å²) in [5.74, 6) is 0.279. The van der Waals surface area contributed by atoms with Crippen LogP contribution >= 0.6 is 0 Å². The minimum Gasteiger partial charge on any atom is -0.388 e. The lowest BCUT2D eigenvalue weighted by Crippen LogP contribution is -2.29. The van der Waals surface area contributed by atoms with Crippen LogP contribution in [0.25, 0.3) is 0 Å². The van der Waals surface area contributed by atoms with Crippen molar-refractivity contribution in [1.82, 2.24) is 0 Å². The molecule has 7 nitrogen and oxygen atoms in total. The Morgan fingerprint density at radius 2 is 1.61 bits per heavy atom. The monoisotopic (exact) mass is 568 g/mol. The Balaban J connectivity index is 0.000000498. The van der Waals surface area contributed by atoms with E-state index >= 15 is 4.39 Å². The Morgan fingerprint density at radius 3 is 2.10 bits per heavy atom. The molecule has 2 atom stereocenters. The molecule has 41 heavy (non-hydrogen) atoms. The summed E-state index contributed by atoms with van der Waals surface area (Å²) in [6.07, 6.45) is 6.28. The second-order valence-corrected chi connectivity index (χ2v) is 10.1. The van der Waals surface area contributed by atoms with Crippen LogP contribution in [0.5, 0.6) is 0 Å². The zero-order chi connectivity index (χ0) is 30.5. The van der Waals surface area contributed by atoms with Crippen molar-refractivity contribution in [2.45, 2.75) is 54.4 Å². The number of carbonyl (C=O) groups excluding carboxylic acids is 2. The summed E-state index contributed by atoms with van der Waals surface area (Å²) < 4.78 is 29.5. The van der Waals surface area contributed by atoms with Crippen molar-refractivity contribution in [3.63, 3.8) is 0 Å². The number of rotatable bonds is 8. The fourth-order valence-corrected chi connectivity index (χ4v) is 4.59. The number of hydrogen-bond donors (Lipinski definition) is 3. The largest absolute Gasteiger partial charge is 0.388 e. The number of anilines is 3. The van der Waals surface area contributed by atoms with E-state index in [1.165, 1.54) is 13.3 Å². The van der Waals surface area contributed by atoms with E-state index in [0.717, 1.165) is 41.9 Å². The number of carbonyl (C=O) groups is 2. The summed E-state index contributed by atoms with van der Waals surface area (Å²) in [7, 11) is 1.80. The van der Waals surface area contributed by atoms with E-state index in [0.29, 0.717) is 29.9 Å². The van der Waals surface area contributed by atoms with Crippen LogP contribution in [-0.4, -0.2) is 31.4 Å². The van der Waals surface area contributed by atoms with Crippen molar-refractivity contribution in [3.8, 4) is 0 Å². The van der Waals surface area contributed by atoms with Gasteiger partial charge >= 0.3 is 0 Å². The molecule has 4 rings (SSSR count). The van der Waals surface area contributed by atoms with Gasteiger partial charge in [-0.1, -0.05) is 32.9 Å². The lowest BCUT2D eigenvalue weighted by Gasteiger charge is -2.38. The number of aldehydes is 1. The summed E-state index contributed by atoms with van der Waals surface area (Å²) in [4.78, 5) is 31.3. The van der Waals surface area contributed by atoms with E-state index in [9.17, 15) is 9.18 Å². The molecule has 1 fully saturated rings. The third kappa shape index (κ3) is 9.08. The van der Waals surface area contributed by atoms with Crippen LogP contribution in [0.4, 0.5) is 25.8 Å². The molecule has 0 spiro atoms. The maximum atomic E-state index is 15.1. The van der Waals surface area contributed by atoms with E-state index in [2.05, 4.69) is 42.0 Å². The lowest BCUT2D eigenvalue weighted by molar-refractivity contribution is -0.106. The molecule has 3 N–H and O–H groups in total. The number of dihydropyridines is 1. The maximum Gasteiger partial charge on any atom is 0.199 e. The highest BCUT2D eigenvalue weighted by atomic mass is 19.1. The number of Topliss-reactive ketones (excluding diaryl/α,β-unsaturated/α-hetero) is 1. The molecule has 9 heteroatoms. The number of nitrogens with zero attached hydrogens (tertiary/aromatic N) is 1. The topological polar surface area (TPSA) is 91.8 Å². The third-order valence-electron chi connectivity index (χ3n) is 7.40. The molecule has 0 radical (unpaired) electrons. The van der Waals surface area contributed by atoms with Crippen LogP contribution in [0, 0.1) is 29.4 Å². The first kappa shape index (κ1) is 33.4. The van der Waals surface area contributed by atoms with Gasteiger partial charge in [0.2, 0.25) is 0 Å². The van der Waals surface area contributed by atoms with Crippen molar-refractivity contribution < 1.29 is 23.3 Å². The van der Waals surface area contributed by atoms with Crippen molar-refractivity contribution >= 4 is 34.8 Å². The number of aliphatic imine (C=N–C) groups is 1. The lowest BCUT2D eigenvalue weighted by atomic mass is 9.68. The first-order valence-corrected chi connectivity index (χ1v) is 13.9. The van der Waals surface area contributed by atoms with Gasteiger partial charge in [-0.15, -0.1) is 0 Å². The van der Waals surface area contributed by atoms with Crippen molar-refractivity contribution in [1.29, 1.82) is 0 Å². The molecule has 222 valence electrons. The van der Waals surface area contributed by atoms with E-state index in [1.807, 2.05) is 18.2 Å². The fourth-order valence-electron chi connectivity index (χ4n) is 4.59. The van der Waals surface area contributed by atoms with Gasteiger partial charge in [0.25, 0.3) is 0 Å². The maximum absolute atomic E-state index is 15.1. The number of ketones is 1. The number of nitrogens with one attached hydrogen (secondary N) is 3. The van der Waals surface area contributed by atoms with Gasteiger partial charge in [0, 0.05) is 36.1 Å². The molecule has 1 aliphatic heterocycles. The number of halogens is 2. The fraction of sp³-hybridized carbons (Fsp3) is 0.406. The van der Waals surface area contributed by atoms with Gasteiger partial charge in [-0.25, -0.2) is 19.7 Å². The first-order valence-electron chi connectivity index (χ1n) is 13.9. The Labute approximate surface area is 242 Å². The molecule has 1 saturated carbocycles. The highest BCUT2D eigenvalue weighted by Crippen LogP contribution is 2.38. The van der Waals surface area contributed by atoms with Crippen LogP contribution in [0.3, 0.4) is 0 Å². The molecule has 2 aromatic carbocycles. The Hall–Kier alpha value is -3.85. The highest BCUT2D eigenvalue weighted by molar-refractivity contribution is 6.20. The molecule has 0 saturated heterocycles. The highest BCUT2D eigenvalue weighted by Gasteiger charge is 2.30. The van der Waals surface area contributed by atoms with Gasteiger partial charge in [0.15, 0.2) is 11.6 Å². The second kappa shape index (κ2) is 16.4. The van der Waals surface area contributed by atoms with E-state index in [4.69, 9.17) is 9.73 Å². The number of allylic oxidation sites excluding steroid dienone is 3. The van der Waals surface area contributed by atoms with Crippen LogP contribution in [0.1, 0.15) is 64.7 Å². The van der Waals surface area contributed by atoms with Gasteiger partial charge in [-0.2, -0.15) is 4.94 Å². The number of benzene rings is 2. The minimum atomic E-state index is -1.04. The Kier molecular flexibility index (Phi) is 13.4. The molecule has 0 bridgehead atoms. The van der Waals surface area contributed by atoms with Crippen molar-refractivity contribution in [3.05, 3.63) is 76.9 Å². The zero-order valence-corrected chi connectivity index (χ0v) is 25.0. The van der Waals surface area contributed by atoms with E-state index in [-0.39, 0.29) is 11.3 Å². The third-order valence-corrected chi connectivity index (χ3v) is 7.40. The van der Waals surface area contributed by atoms with Crippen LogP contribution in [0.2, 0.25) is 0 Å². The predicted molar refractivity (Wildman–Crippen MR) is 163 cm³/mol. The van der Waals surface area contributed by atoms with Crippen LogP contribution < -0.4 is 16.3 Å². The molecule has 2 aliphatic rings. The average molecular weight is 569 g/mol. The quantitative estimate of drug-likeness (QED) is 0.130. The summed E-state index contributed by atoms with van der Waals surface area (Å²) >= 11 is 0. The summed E-state index contributed by atoms with van der Waals surface area (Å²) in [5.41, 5.74) is 7.15. The molecule has 0 amide bonds. The standard InChI is InChI=1S/C23H24F2N4O2.C7H14.C2H4O/c1-4-17(18-6-5-13-27-14(18)2)23(30)21-19(24)11-12-20(22(21)25)29-31-28-16-9-7-15(26-3)8-10-16;1-5-4-6(2)7(5)3;1-2-3/h4,6-12,26,28-29H,5,13H2,1-3H3;5-7H,4H2,1-3H3;2H,1H3/b17-4+;;. The molecular weight excluding hydrogens is 526 g/mol. The SMILES string of the molecule is C/C=C(/C(=O)c1c(F)ccc(NONc2ccc(NC)cc2)c1F)C1=CCCN=C1C.CC1CC(C)C1C.CC=O. The zero-order valence-electron chi connectivity index (χ0n) is 25.0. The molecular formula is C32H42F2N4O3. The average Bonchev–Trinajstić information content (AvgIpc) is 2.97. The second-order valence-electron chi connectivity index (χ2n) is 10.1. The van der Waals surface area contributed by atoms with Crippen LogP contribution in [0.15, 0.2) is 64.7 Å². The first-order chi connectivity index (χ1) is 19.6. The van der Waals surface area contributed by atoms with E-state index in [1.54, 1.807) is 39.1 Å².